The molecule has 1 amide bonds. The molecule has 0 aromatic heterocycles. The number of amides is 1. The SMILES string of the molecule is COc1cc(/C=N\NC(=O)c2ccccc2N(Cc2ccc(Cl)cc2)S(=O)(=O)c2ccc(C)cc2)cc(Br)c1OCc1ccc(C)cc1. The van der Waals surface area contributed by atoms with Crippen LogP contribution in [0.3, 0.4) is 0 Å². The van der Waals surface area contributed by atoms with Crippen LogP contribution in [-0.2, 0) is 23.2 Å². The van der Waals surface area contributed by atoms with E-state index in [-0.39, 0.29) is 22.7 Å². The standard InChI is InChI=1S/C37H33BrClN3O5S/c1-25-8-12-28(13-9-25)24-47-36-33(38)20-29(21-35(36)46-3)22-40-41-37(43)32-6-4-5-7-34(32)42(23-27-14-16-30(39)17-15-27)48(44,45)31-18-10-26(2)11-19-31/h4-22H,23-24H2,1-3H3,(H,41,43)/b40-22-. The zero-order valence-corrected chi connectivity index (χ0v) is 29.6. The van der Waals surface area contributed by atoms with Gasteiger partial charge in [0.25, 0.3) is 15.9 Å². The van der Waals surface area contributed by atoms with Crippen molar-refractivity contribution in [1.82, 2.24) is 5.43 Å². The summed E-state index contributed by atoms with van der Waals surface area (Å²) >= 11 is 9.64. The quantitative estimate of drug-likeness (QED) is 0.102. The Hall–Kier alpha value is -4.64. The summed E-state index contributed by atoms with van der Waals surface area (Å²) in [4.78, 5) is 13.6. The molecule has 0 heterocycles. The molecule has 5 aromatic carbocycles. The van der Waals surface area contributed by atoms with Gasteiger partial charge in [0.15, 0.2) is 11.5 Å². The highest BCUT2D eigenvalue weighted by Crippen LogP contribution is 2.37. The van der Waals surface area contributed by atoms with Gasteiger partial charge < -0.3 is 9.47 Å². The van der Waals surface area contributed by atoms with E-state index in [1.807, 2.05) is 38.1 Å². The maximum atomic E-state index is 14.1. The molecule has 0 fully saturated rings. The number of para-hydroxylation sites is 1. The van der Waals surface area contributed by atoms with Crippen LogP contribution in [0.1, 0.15) is 38.2 Å². The lowest BCUT2D eigenvalue weighted by molar-refractivity contribution is 0.0955. The van der Waals surface area contributed by atoms with Gasteiger partial charge in [-0.2, -0.15) is 5.10 Å². The Balaban J connectivity index is 1.39. The highest BCUT2D eigenvalue weighted by atomic mass is 79.9. The van der Waals surface area contributed by atoms with Crippen molar-refractivity contribution in [3.8, 4) is 11.5 Å². The van der Waals surface area contributed by atoms with Crippen LogP contribution in [0.25, 0.3) is 0 Å². The van der Waals surface area contributed by atoms with E-state index in [1.54, 1.807) is 92.0 Å². The lowest BCUT2D eigenvalue weighted by Crippen LogP contribution is -2.33. The van der Waals surface area contributed by atoms with Crippen molar-refractivity contribution in [2.75, 3.05) is 11.4 Å². The third-order valence-corrected chi connectivity index (χ3v) is 10.0. The first-order chi connectivity index (χ1) is 23.0. The molecule has 5 rings (SSSR count). The largest absolute Gasteiger partial charge is 0.493 e. The number of halogens is 2. The van der Waals surface area contributed by atoms with E-state index in [0.717, 1.165) is 11.1 Å². The fourth-order valence-corrected chi connectivity index (χ4v) is 6.97. The Labute approximate surface area is 294 Å². The molecule has 48 heavy (non-hydrogen) atoms. The first-order valence-electron chi connectivity index (χ1n) is 14.9. The number of carbonyl (C=O) groups is 1. The zero-order valence-electron chi connectivity index (χ0n) is 26.5. The number of methoxy groups -OCH3 is 1. The molecule has 0 atom stereocenters. The van der Waals surface area contributed by atoms with Crippen molar-refractivity contribution in [3.05, 3.63) is 152 Å². The molecule has 0 aliphatic carbocycles. The number of hydrogen-bond acceptors (Lipinski definition) is 6. The van der Waals surface area contributed by atoms with Crippen LogP contribution in [0.5, 0.6) is 11.5 Å². The number of ether oxygens (including phenoxy) is 2. The summed E-state index contributed by atoms with van der Waals surface area (Å²) in [5.41, 5.74) is 7.28. The summed E-state index contributed by atoms with van der Waals surface area (Å²) < 4.78 is 41.6. The van der Waals surface area contributed by atoms with Crippen LogP contribution in [-0.4, -0.2) is 27.6 Å². The van der Waals surface area contributed by atoms with Crippen molar-refractivity contribution in [2.45, 2.75) is 31.9 Å². The van der Waals surface area contributed by atoms with Gasteiger partial charge in [-0.15, -0.1) is 0 Å². The number of aryl methyl sites for hydroxylation is 2. The van der Waals surface area contributed by atoms with Gasteiger partial charge in [0.05, 0.1) is 40.5 Å². The van der Waals surface area contributed by atoms with Crippen LogP contribution in [0.4, 0.5) is 5.69 Å². The van der Waals surface area contributed by atoms with Gasteiger partial charge >= 0.3 is 0 Å². The summed E-state index contributed by atoms with van der Waals surface area (Å²) in [7, 11) is -2.55. The third kappa shape index (κ3) is 8.44. The average Bonchev–Trinajstić information content (AvgIpc) is 3.08. The lowest BCUT2D eigenvalue weighted by Gasteiger charge is -2.26. The molecule has 0 aliphatic rings. The van der Waals surface area contributed by atoms with Crippen LogP contribution >= 0.6 is 27.5 Å². The number of hydrazone groups is 1. The molecular weight excluding hydrogens is 714 g/mol. The summed E-state index contributed by atoms with van der Waals surface area (Å²) in [6, 6.07) is 31.5. The number of anilines is 1. The predicted molar refractivity (Wildman–Crippen MR) is 194 cm³/mol. The van der Waals surface area contributed by atoms with Crippen molar-refractivity contribution in [2.24, 2.45) is 5.10 Å². The summed E-state index contributed by atoms with van der Waals surface area (Å²) in [5.74, 6) is 0.420. The molecule has 0 unspecified atom stereocenters. The zero-order chi connectivity index (χ0) is 34.3. The van der Waals surface area contributed by atoms with Gasteiger partial charge in [-0.05, 0) is 95.0 Å². The molecule has 246 valence electrons. The van der Waals surface area contributed by atoms with Crippen molar-refractivity contribution < 1.29 is 22.7 Å². The second-order valence-corrected chi connectivity index (χ2v) is 14.1. The van der Waals surface area contributed by atoms with Gasteiger partial charge in [0, 0.05) is 5.02 Å². The van der Waals surface area contributed by atoms with Crippen LogP contribution < -0.4 is 19.2 Å². The Morgan fingerprint density at radius 1 is 0.896 bits per heavy atom. The van der Waals surface area contributed by atoms with E-state index in [2.05, 4.69) is 26.5 Å². The maximum Gasteiger partial charge on any atom is 0.273 e. The van der Waals surface area contributed by atoms with E-state index in [1.165, 1.54) is 16.1 Å². The number of rotatable bonds is 12. The molecule has 8 nitrogen and oxygen atoms in total. The normalized spacial score (nSPS) is 11.4. The maximum absolute atomic E-state index is 14.1. The molecule has 5 aromatic rings. The highest BCUT2D eigenvalue weighted by Gasteiger charge is 2.28. The van der Waals surface area contributed by atoms with E-state index >= 15 is 0 Å². The third-order valence-electron chi connectivity index (χ3n) is 7.40. The second kappa shape index (κ2) is 15.5. The van der Waals surface area contributed by atoms with Crippen molar-refractivity contribution in [1.29, 1.82) is 0 Å². The van der Waals surface area contributed by atoms with Crippen LogP contribution in [0, 0.1) is 13.8 Å². The average molecular weight is 747 g/mol. The van der Waals surface area contributed by atoms with Crippen LogP contribution in [0.2, 0.25) is 5.02 Å². The van der Waals surface area contributed by atoms with Gasteiger partial charge in [-0.3, -0.25) is 9.10 Å². The molecular formula is C37H33BrClN3O5S. The van der Waals surface area contributed by atoms with E-state index in [9.17, 15) is 13.2 Å². The van der Waals surface area contributed by atoms with E-state index in [0.29, 0.717) is 38.7 Å². The number of nitrogens with zero attached hydrogens (tertiary/aromatic N) is 2. The predicted octanol–water partition coefficient (Wildman–Crippen LogP) is 8.47. The number of benzene rings is 5. The highest BCUT2D eigenvalue weighted by molar-refractivity contribution is 9.10. The van der Waals surface area contributed by atoms with Crippen LogP contribution in [0.15, 0.2) is 124 Å². The van der Waals surface area contributed by atoms with E-state index < -0.39 is 15.9 Å². The topological polar surface area (TPSA) is 97.3 Å². The molecule has 0 bridgehead atoms. The molecule has 0 aliphatic heterocycles. The number of nitrogens with one attached hydrogen (secondary N) is 1. The molecule has 1 N–H and O–H groups in total. The van der Waals surface area contributed by atoms with Crippen molar-refractivity contribution in [3.63, 3.8) is 0 Å². The summed E-state index contributed by atoms with van der Waals surface area (Å²) in [6.07, 6.45) is 1.46. The van der Waals surface area contributed by atoms with Gasteiger partial charge in [0.2, 0.25) is 0 Å². The Morgan fingerprint density at radius 2 is 1.52 bits per heavy atom. The minimum atomic E-state index is -4.09. The monoisotopic (exact) mass is 745 g/mol. The summed E-state index contributed by atoms with van der Waals surface area (Å²) in [5, 5.41) is 4.69. The minimum Gasteiger partial charge on any atom is -0.493 e. The fourth-order valence-electron chi connectivity index (χ4n) is 4.80. The first-order valence-corrected chi connectivity index (χ1v) is 17.5. The molecule has 0 saturated heterocycles. The molecule has 0 saturated carbocycles. The lowest BCUT2D eigenvalue weighted by atomic mass is 10.1. The Kier molecular flexibility index (Phi) is 11.2. The molecule has 0 radical (unpaired) electrons. The molecule has 11 heteroatoms. The van der Waals surface area contributed by atoms with Gasteiger partial charge in [-0.1, -0.05) is 83.4 Å². The fraction of sp³-hybridized carbons (Fsp3) is 0.135. The Bertz CT molecular complexity index is 2040. The van der Waals surface area contributed by atoms with Gasteiger partial charge in [-0.25, -0.2) is 13.8 Å². The minimum absolute atomic E-state index is 0.0346. The number of hydrogen-bond donors (Lipinski definition) is 1. The van der Waals surface area contributed by atoms with E-state index in [4.69, 9.17) is 21.1 Å². The summed E-state index contributed by atoms with van der Waals surface area (Å²) in [6.45, 7) is 4.23. The first kappa shape index (κ1) is 34.7. The Morgan fingerprint density at radius 3 is 2.19 bits per heavy atom. The number of carbonyl (C=O) groups excluding carboxylic acids is 1. The molecule has 0 spiro atoms. The van der Waals surface area contributed by atoms with Gasteiger partial charge in [0.1, 0.15) is 6.61 Å². The second-order valence-electron chi connectivity index (χ2n) is 11.0. The number of sulfonamides is 1. The van der Waals surface area contributed by atoms with Crippen molar-refractivity contribution >= 4 is 55.4 Å². The smallest absolute Gasteiger partial charge is 0.273 e.